The standard InChI is InChI=1S/C6H10N2O2/c1-5-6(10)4-8(7-5)2-3-9/h9H,2-4H2,1H3. The molecule has 0 atom stereocenters. The van der Waals surface area contributed by atoms with Crippen molar-refractivity contribution in [1.82, 2.24) is 5.01 Å². The molecule has 0 saturated carbocycles. The van der Waals surface area contributed by atoms with E-state index in [-0.39, 0.29) is 12.4 Å². The van der Waals surface area contributed by atoms with Crippen molar-refractivity contribution in [3.05, 3.63) is 0 Å². The van der Waals surface area contributed by atoms with Crippen molar-refractivity contribution < 1.29 is 9.90 Å². The molecule has 0 aromatic heterocycles. The lowest BCUT2D eigenvalue weighted by atomic mass is 10.3. The van der Waals surface area contributed by atoms with Gasteiger partial charge in [-0.15, -0.1) is 0 Å². The fourth-order valence-corrected chi connectivity index (χ4v) is 0.828. The lowest BCUT2D eigenvalue weighted by Gasteiger charge is -2.08. The molecule has 10 heavy (non-hydrogen) atoms. The van der Waals surface area contributed by atoms with Gasteiger partial charge in [0.25, 0.3) is 0 Å². The topological polar surface area (TPSA) is 52.9 Å². The van der Waals surface area contributed by atoms with Gasteiger partial charge in [-0.3, -0.25) is 9.80 Å². The van der Waals surface area contributed by atoms with Crippen LogP contribution in [0.4, 0.5) is 0 Å². The van der Waals surface area contributed by atoms with E-state index in [0.29, 0.717) is 18.8 Å². The Hall–Kier alpha value is -0.900. The molecular weight excluding hydrogens is 132 g/mol. The van der Waals surface area contributed by atoms with Gasteiger partial charge in [0, 0.05) is 0 Å². The molecule has 1 rings (SSSR count). The molecule has 0 aliphatic carbocycles. The summed E-state index contributed by atoms with van der Waals surface area (Å²) in [6, 6.07) is 0. The number of nitrogens with zero attached hydrogens (tertiary/aromatic N) is 2. The van der Waals surface area contributed by atoms with Gasteiger partial charge in [0.05, 0.1) is 13.2 Å². The Labute approximate surface area is 59.1 Å². The summed E-state index contributed by atoms with van der Waals surface area (Å²) in [5, 5.41) is 13.9. The largest absolute Gasteiger partial charge is 0.394 e. The Morgan fingerprint density at radius 2 is 2.50 bits per heavy atom. The highest BCUT2D eigenvalue weighted by Crippen LogP contribution is 2.00. The van der Waals surface area contributed by atoms with Gasteiger partial charge in [-0.25, -0.2) is 0 Å². The van der Waals surface area contributed by atoms with Gasteiger partial charge >= 0.3 is 0 Å². The highest BCUT2D eigenvalue weighted by atomic mass is 16.3. The van der Waals surface area contributed by atoms with Crippen LogP contribution in [0.15, 0.2) is 5.10 Å². The molecule has 56 valence electrons. The third kappa shape index (κ3) is 1.33. The van der Waals surface area contributed by atoms with Crippen LogP contribution in [0.5, 0.6) is 0 Å². The van der Waals surface area contributed by atoms with Gasteiger partial charge in [-0.2, -0.15) is 5.10 Å². The summed E-state index contributed by atoms with van der Waals surface area (Å²) in [4.78, 5) is 10.8. The molecule has 4 nitrogen and oxygen atoms in total. The zero-order valence-electron chi connectivity index (χ0n) is 5.87. The first-order valence-corrected chi connectivity index (χ1v) is 3.18. The van der Waals surface area contributed by atoms with Gasteiger partial charge in [0.2, 0.25) is 0 Å². The van der Waals surface area contributed by atoms with E-state index in [0.717, 1.165) is 0 Å². The van der Waals surface area contributed by atoms with Gasteiger partial charge in [0.1, 0.15) is 12.3 Å². The monoisotopic (exact) mass is 142 g/mol. The van der Waals surface area contributed by atoms with Crippen LogP contribution in [0.1, 0.15) is 6.92 Å². The number of carbonyl (C=O) groups excluding carboxylic acids is 1. The molecule has 4 heteroatoms. The average Bonchev–Trinajstić information content (AvgIpc) is 2.14. The van der Waals surface area contributed by atoms with Crippen molar-refractivity contribution in [3.8, 4) is 0 Å². The van der Waals surface area contributed by atoms with E-state index in [1.54, 1.807) is 11.9 Å². The average molecular weight is 142 g/mol. The Kier molecular flexibility index (Phi) is 2.01. The summed E-state index contributed by atoms with van der Waals surface area (Å²) in [5.41, 5.74) is 0.536. The van der Waals surface area contributed by atoms with Crippen LogP contribution in [-0.2, 0) is 4.79 Å². The Morgan fingerprint density at radius 3 is 2.90 bits per heavy atom. The molecule has 1 heterocycles. The number of β-amino-alcohol motifs (C(OH)–C–C–N with tert-alkyl or cyclic N) is 1. The number of hydrogen-bond acceptors (Lipinski definition) is 4. The minimum atomic E-state index is 0.0457. The molecule has 1 aliphatic rings. The zero-order valence-corrected chi connectivity index (χ0v) is 5.87. The van der Waals surface area contributed by atoms with Crippen LogP contribution in [0.25, 0.3) is 0 Å². The zero-order chi connectivity index (χ0) is 7.56. The smallest absolute Gasteiger partial charge is 0.199 e. The fourth-order valence-electron chi connectivity index (χ4n) is 0.828. The molecule has 0 unspecified atom stereocenters. The van der Waals surface area contributed by atoms with E-state index < -0.39 is 0 Å². The second-order valence-electron chi connectivity index (χ2n) is 2.22. The van der Waals surface area contributed by atoms with Crippen LogP contribution in [0, 0.1) is 0 Å². The third-order valence-corrected chi connectivity index (χ3v) is 1.38. The lowest BCUT2D eigenvalue weighted by molar-refractivity contribution is -0.112. The minimum absolute atomic E-state index is 0.0457. The van der Waals surface area contributed by atoms with Crippen molar-refractivity contribution in [3.63, 3.8) is 0 Å². The predicted molar refractivity (Wildman–Crippen MR) is 36.8 cm³/mol. The van der Waals surface area contributed by atoms with E-state index in [1.807, 2.05) is 0 Å². The van der Waals surface area contributed by atoms with E-state index in [2.05, 4.69) is 5.10 Å². The van der Waals surface area contributed by atoms with Crippen molar-refractivity contribution in [2.75, 3.05) is 19.7 Å². The summed E-state index contributed by atoms with van der Waals surface area (Å²) in [6.45, 7) is 2.50. The maximum atomic E-state index is 10.8. The van der Waals surface area contributed by atoms with Crippen molar-refractivity contribution in [2.45, 2.75) is 6.92 Å². The second-order valence-corrected chi connectivity index (χ2v) is 2.22. The molecular formula is C6H10N2O2. The first-order chi connectivity index (χ1) is 4.74. The quantitative estimate of drug-likeness (QED) is 0.551. The van der Waals surface area contributed by atoms with Crippen LogP contribution in [-0.4, -0.2) is 41.3 Å². The Morgan fingerprint density at radius 1 is 1.80 bits per heavy atom. The summed E-state index contributed by atoms with van der Waals surface area (Å²) in [6.07, 6.45) is 0. The molecule has 0 amide bonds. The van der Waals surface area contributed by atoms with Gasteiger partial charge in [-0.05, 0) is 6.92 Å². The van der Waals surface area contributed by atoms with Gasteiger partial charge < -0.3 is 5.11 Å². The highest BCUT2D eigenvalue weighted by molar-refractivity contribution is 6.40. The van der Waals surface area contributed by atoms with Crippen LogP contribution < -0.4 is 0 Å². The molecule has 1 N–H and O–H groups in total. The maximum absolute atomic E-state index is 10.8. The van der Waals surface area contributed by atoms with Gasteiger partial charge in [0.15, 0.2) is 5.78 Å². The van der Waals surface area contributed by atoms with Gasteiger partial charge in [-0.1, -0.05) is 0 Å². The first kappa shape index (κ1) is 7.21. The number of aliphatic hydroxyl groups is 1. The number of rotatable bonds is 2. The van der Waals surface area contributed by atoms with Crippen molar-refractivity contribution in [1.29, 1.82) is 0 Å². The normalized spacial score (nSPS) is 18.0. The van der Waals surface area contributed by atoms with E-state index in [4.69, 9.17) is 5.11 Å². The number of aliphatic hydroxyl groups excluding tert-OH is 1. The second kappa shape index (κ2) is 2.79. The molecule has 0 aromatic carbocycles. The van der Waals surface area contributed by atoms with Crippen LogP contribution in [0.3, 0.4) is 0 Å². The molecule has 0 radical (unpaired) electrons. The number of Topliss-reactive ketones (excluding diaryl/α,β-unsaturated/α-hetero) is 1. The number of hydrogen-bond donors (Lipinski definition) is 1. The van der Waals surface area contributed by atoms with Crippen molar-refractivity contribution in [2.24, 2.45) is 5.10 Å². The summed E-state index contributed by atoms with van der Waals surface area (Å²) >= 11 is 0. The fraction of sp³-hybridized carbons (Fsp3) is 0.667. The predicted octanol–water partition coefficient (Wildman–Crippen LogP) is -0.761. The molecule has 0 aromatic rings. The molecule has 1 aliphatic heterocycles. The number of ketones is 1. The maximum Gasteiger partial charge on any atom is 0.199 e. The Balaban J connectivity index is 2.48. The molecule has 0 bridgehead atoms. The first-order valence-electron chi connectivity index (χ1n) is 3.18. The van der Waals surface area contributed by atoms with E-state index in [1.165, 1.54) is 0 Å². The van der Waals surface area contributed by atoms with Crippen molar-refractivity contribution >= 4 is 11.5 Å². The SMILES string of the molecule is CC1=NN(CCO)CC1=O. The molecule has 0 fully saturated rings. The highest BCUT2D eigenvalue weighted by Gasteiger charge is 2.18. The number of carbonyl (C=O) groups is 1. The lowest BCUT2D eigenvalue weighted by Crippen LogP contribution is -2.21. The van der Waals surface area contributed by atoms with Crippen LogP contribution >= 0.6 is 0 Å². The molecule has 0 saturated heterocycles. The van der Waals surface area contributed by atoms with E-state index in [9.17, 15) is 4.79 Å². The summed E-state index contributed by atoms with van der Waals surface area (Å²) < 4.78 is 0. The molecule has 0 spiro atoms. The summed E-state index contributed by atoms with van der Waals surface area (Å²) in [5.74, 6) is 0.0495. The minimum Gasteiger partial charge on any atom is -0.394 e. The van der Waals surface area contributed by atoms with E-state index >= 15 is 0 Å². The number of hydrazone groups is 1. The third-order valence-electron chi connectivity index (χ3n) is 1.38. The Bertz CT molecular complexity index is 177. The van der Waals surface area contributed by atoms with Crippen LogP contribution in [0.2, 0.25) is 0 Å². The summed E-state index contributed by atoms with van der Waals surface area (Å²) in [7, 11) is 0.